The predicted octanol–water partition coefficient (Wildman–Crippen LogP) is 0.664. The van der Waals surface area contributed by atoms with Crippen LogP contribution in [0.25, 0.3) is 11.4 Å². The first kappa shape index (κ1) is 10.3. The lowest BCUT2D eigenvalue weighted by atomic mass is 10.3. The number of aromatic nitrogens is 4. The maximum atomic E-state index is 11.3. The van der Waals surface area contributed by atoms with Gasteiger partial charge >= 0.3 is 5.97 Å². The van der Waals surface area contributed by atoms with Gasteiger partial charge in [-0.2, -0.15) is 5.10 Å². The van der Waals surface area contributed by atoms with Gasteiger partial charge in [0, 0.05) is 19.4 Å². The molecule has 0 N–H and O–H groups in total. The first-order valence-corrected chi connectivity index (χ1v) is 4.61. The molecule has 0 fully saturated rings. The summed E-state index contributed by atoms with van der Waals surface area (Å²) in [5.41, 5.74) is 0.990. The van der Waals surface area contributed by atoms with Gasteiger partial charge < -0.3 is 4.74 Å². The van der Waals surface area contributed by atoms with Crippen molar-refractivity contribution in [2.24, 2.45) is 7.05 Å². The van der Waals surface area contributed by atoms with E-state index < -0.39 is 5.97 Å². The van der Waals surface area contributed by atoms with Crippen molar-refractivity contribution in [2.45, 2.75) is 0 Å². The Kier molecular flexibility index (Phi) is 2.63. The number of nitrogens with zero attached hydrogens (tertiary/aromatic N) is 4. The Morgan fingerprint density at radius 1 is 1.50 bits per heavy atom. The number of hydrogen-bond donors (Lipinski definition) is 0. The van der Waals surface area contributed by atoms with Crippen LogP contribution in [0.4, 0.5) is 0 Å². The van der Waals surface area contributed by atoms with E-state index >= 15 is 0 Å². The van der Waals surface area contributed by atoms with Crippen molar-refractivity contribution < 1.29 is 9.53 Å². The Hall–Kier alpha value is -2.24. The van der Waals surface area contributed by atoms with E-state index in [0.717, 1.165) is 5.56 Å². The standard InChI is InChI=1S/C10H10N4O2/c1-14-6-7(5-12-14)9-11-4-3-8(13-9)10(15)16-2/h3-6H,1-2H3. The molecule has 2 aromatic heterocycles. The fourth-order valence-electron chi connectivity index (χ4n) is 1.25. The maximum Gasteiger partial charge on any atom is 0.356 e. The second-order valence-corrected chi connectivity index (χ2v) is 3.16. The maximum absolute atomic E-state index is 11.3. The van der Waals surface area contributed by atoms with E-state index in [1.54, 1.807) is 24.1 Å². The van der Waals surface area contributed by atoms with Crippen LogP contribution >= 0.6 is 0 Å². The van der Waals surface area contributed by atoms with Crippen LogP contribution in [0.5, 0.6) is 0 Å². The molecule has 82 valence electrons. The van der Waals surface area contributed by atoms with Gasteiger partial charge in [0.25, 0.3) is 0 Å². The molecule has 0 aliphatic rings. The third-order valence-electron chi connectivity index (χ3n) is 2.01. The Bertz CT molecular complexity index is 521. The van der Waals surface area contributed by atoms with Crippen molar-refractivity contribution >= 4 is 5.97 Å². The minimum atomic E-state index is -0.479. The molecule has 0 aliphatic carbocycles. The lowest BCUT2D eigenvalue weighted by molar-refractivity contribution is 0.0594. The zero-order chi connectivity index (χ0) is 11.5. The van der Waals surface area contributed by atoms with Crippen LogP contribution < -0.4 is 0 Å². The number of hydrogen-bond acceptors (Lipinski definition) is 5. The molecule has 0 saturated heterocycles. The summed E-state index contributed by atoms with van der Waals surface area (Å²) in [6, 6.07) is 1.51. The van der Waals surface area contributed by atoms with E-state index in [0.29, 0.717) is 5.82 Å². The number of methoxy groups -OCH3 is 1. The van der Waals surface area contributed by atoms with E-state index in [-0.39, 0.29) is 5.69 Å². The fourth-order valence-corrected chi connectivity index (χ4v) is 1.25. The number of rotatable bonds is 2. The lowest BCUT2D eigenvalue weighted by Crippen LogP contribution is -2.05. The highest BCUT2D eigenvalue weighted by Gasteiger charge is 2.10. The number of aryl methyl sites for hydroxylation is 1. The van der Waals surface area contributed by atoms with Gasteiger partial charge in [0.2, 0.25) is 0 Å². The molecule has 0 radical (unpaired) electrons. The molecule has 0 spiro atoms. The molecular formula is C10H10N4O2. The SMILES string of the molecule is COC(=O)c1ccnc(-c2cnn(C)c2)n1. The summed E-state index contributed by atoms with van der Waals surface area (Å²) in [5.74, 6) is -0.0245. The van der Waals surface area contributed by atoms with Gasteiger partial charge in [0.05, 0.1) is 18.9 Å². The van der Waals surface area contributed by atoms with Crippen LogP contribution in [-0.4, -0.2) is 32.8 Å². The van der Waals surface area contributed by atoms with Crippen molar-refractivity contribution in [1.82, 2.24) is 19.7 Å². The topological polar surface area (TPSA) is 69.9 Å². The molecule has 6 nitrogen and oxygen atoms in total. The summed E-state index contributed by atoms with van der Waals surface area (Å²) in [6.45, 7) is 0. The van der Waals surface area contributed by atoms with Gasteiger partial charge in [0.15, 0.2) is 11.5 Å². The third kappa shape index (κ3) is 1.90. The Labute approximate surface area is 91.9 Å². The molecule has 2 aromatic rings. The van der Waals surface area contributed by atoms with Crippen molar-refractivity contribution in [3.63, 3.8) is 0 Å². The Balaban J connectivity index is 2.39. The molecule has 0 atom stereocenters. The monoisotopic (exact) mass is 218 g/mol. The van der Waals surface area contributed by atoms with Crippen LogP contribution in [0.2, 0.25) is 0 Å². The largest absolute Gasteiger partial charge is 0.464 e. The molecule has 2 rings (SSSR count). The van der Waals surface area contributed by atoms with E-state index in [9.17, 15) is 4.79 Å². The number of esters is 1. The first-order valence-electron chi connectivity index (χ1n) is 4.61. The average Bonchev–Trinajstić information content (AvgIpc) is 2.75. The summed E-state index contributed by atoms with van der Waals surface area (Å²) < 4.78 is 6.22. The fraction of sp³-hybridized carbons (Fsp3) is 0.200. The van der Waals surface area contributed by atoms with Crippen LogP contribution in [-0.2, 0) is 11.8 Å². The summed E-state index contributed by atoms with van der Waals surface area (Å²) in [5, 5.41) is 4.01. The third-order valence-corrected chi connectivity index (χ3v) is 2.01. The lowest BCUT2D eigenvalue weighted by Gasteiger charge is -1.99. The zero-order valence-corrected chi connectivity index (χ0v) is 8.91. The second-order valence-electron chi connectivity index (χ2n) is 3.16. The molecule has 0 saturated carbocycles. The predicted molar refractivity (Wildman–Crippen MR) is 55.6 cm³/mol. The van der Waals surface area contributed by atoms with Gasteiger partial charge in [-0.3, -0.25) is 4.68 Å². The molecule has 16 heavy (non-hydrogen) atoms. The summed E-state index contributed by atoms with van der Waals surface area (Å²) in [6.07, 6.45) is 4.92. The molecule has 0 amide bonds. The van der Waals surface area contributed by atoms with Crippen molar-refractivity contribution in [3.8, 4) is 11.4 Å². The number of carbonyl (C=O) groups is 1. The molecule has 0 bridgehead atoms. The highest BCUT2D eigenvalue weighted by Crippen LogP contribution is 2.12. The van der Waals surface area contributed by atoms with E-state index in [1.165, 1.54) is 19.4 Å². The van der Waals surface area contributed by atoms with Crippen LogP contribution in [0.1, 0.15) is 10.5 Å². The molecule has 2 heterocycles. The molecular weight excluding hydrogens is 208 g/mol. The second kappa shape index (κ2) is 4.09. The summed E-state index contributed by atoms with van der Waals surface area (Å²) in [7, 11) is 3.11. The van der Waals surface area contributed by atoms with Crippen molar-refractivity contribution in [1.29, 1.82) is 0 Å². The zero-order valence-electron chi connectivity index (χ0n) is 8.91. The van der Waals surface area contributed by atoms with Gasteiger partial charge in [-0.1, -0.05) is 0 Å². The van der Waals surface area contributed by atoms with Crippen molar-refractivity contribution in [3.05, 3.63) is 30.4 Å². The first-order chi connectivity index (χ1) is 7.70. The van der Waals surface area contributed by atoms with Crippen LogP contribution in [0.15, 0.2) is 24.7 Å². The molecule has 0 aliphatic heterocycles. The highest BCUT2D eigenvalue weighted by atomic mass is 16.5. The minimum Gasteiger partial charge on any atom is -0.464 e. The van der Waals surface area contributed by atoms with E-state index in [2.05, 4.69) is 19.8 Å². The molecule has 0 unspecified atom stereocenters. The van der Waals surface area contributed by atoms with Crippen LogP contribution in [0, 0.1) is 0 Å². The van der Waals surface area contributed by atoms with Crippen LogP contribution in [0.3, 0.4) is 0 Å². The summed E-state index contributed by atoms with van der Waals surface area (Å²) >= 11 is 0. The van der Waals surface area contributed by atoms with Gasteiger partial charge in [0.1, 0.15) is 0 Å². The number of carbonyl (C=O) groups excluding carboxylic acids is 1. The van der Waals surface area contributed by atoms with E-state index in [4.69, 9.17) is 0 Å². The quantitative estimate of drug-likeness (QED) is 0.692. The highest BCUT2D eigenvalue weighted by molar-refractivity contribution is 5.87. The van der Waals surface area contributed by atoms with Gasteiger partial charge in [-0.25, -0.2) is 14.8 Å². The Morgan fingerprint density at radius 3 is 2.94 bits per heavy atom. The number of ether oxygens (including phenoxy) is 1. The Morgan fingerprint density at radius 2 is 2.31 bits per heavy atom. The van der Waals surface area contributed by atoms with Gasteiger partial charge in [-0.15, -0.1) is 0 Å². The average molecular weight is 218 g/mol. The molecule has 6 heteroatoms. The smallest absolute Gasteiger partial charge is 0.356 e. The van der Waals surface area contributed by atoms with E-state index in [1.807, 2.05) is 0 Å². The van der Waals surface area contributed by atoms with Gasteiger partial charge in [-0.05, 0) is 6.07 Å². The van der Waals surface area contributed by atoms with Crippen molar-refractivity contribution in [2.75, 3.05) is 7.11 Å². The normalized spacial score (nSPS) is 10.1. The summed E-state index contributed by atoms with van der Waals surface area (Å²) in [4.78, 5) is 19.4. The molecule has 0 aromatic carbocycles. The minimum absolute atomic E-state index is 0.233.